The van der Waals surface area contributed by atoms with E-state index in [0.29, 0.717) is 11.6 Å². The summed E-state index contributed by atoms with van der Waals surface area (Å²) in [7, 11) is -3.47. The van der Waals surface area contributed by atoms with Crippen LogP contribution in [-0.4, -0.2) is 20.2 Å². The zero-order valence-electron chi connectivity index (χ0n) is 20.7. The molecular formula is C24H35N3O4S2. The highest BCUT2D eigenvalue weighted by Gasteiger charge is 2.36. The van der Waals surface area contributed by atoms with Crippen molar-refractivity contribution in [2.75, 3.05) is 0 Å². The molecule has 7 nitrogen and oxygen atoms in total. The Morgan fingerprint density at radius 2 is 1.97 bits per heavy atom. The van der Waals surface area contributed by atoms with Crippen molar-refractivity contribution in [3.05, 3.63) is 45.1 Å². The third-order valence-corrected chi connectivity index (χ3v) is 9.14. The highest BCUT2D eigenvalue weighted by Crippen LogP contribution is 2.44. The molecule has 3 N–H and O–H groups in total. The van der Waals surface area contributed by atoms with Crippen LogP contribution in [0.3, 0.4) is 0 Å². The van der Waals surface area contributed by atoms with Crippen LogP contribution in [0.25, 0.3) is 0 Å². The molecule has 1 amide bonds. The monoisotopic (exact) mass is 493 g/mol. The number of hydrogen-bond donors (Lipinski definition) is 2. The minimum absolute atomic E-state index is 0.0140. The molecule has 0 fully saturated rings. The Balaban J connectivity index is 2.06. The number of hydrogen-bond acceptors (Lipinski definition) is 6. The highest BCUT2D eigenvalue weighted by molar-refractivity contribution is 7.93. The highest BCUT2D eigenvalue weighted by atomic mass is 32.2. The number of carbonyl (C=O) groups is 1. The predicted molar refractivity (Wildman–Crippen MR) is 132 cm³/mol. The molecule has 0 saturated heterocycles. The van der Waals surface area contributed by atoms with Gasteiger partial charge in [0.05, 0.1) is 24.8 Å². The van der Waals surface area contributed by atoms with E-state index in [0.717, 1.165) is 39.2 Å². The quantitative estimate of drug-likeness (QED) is 0.597. The van der Waals surface area contributed by atoms with Gasteiger partial charge in [-0.3, -0.25) is 4.79 Å². The van der Waals surface area contributed by atoms with Crippen LogP contribution in [0, 0.1) is 0 Å². The Hall–Kier alpha value is -1.65. The van der Waals surface area contributed by atoms with E-state index < -0.39 is 21.4 Å². The summed E-state index contributed by atoms with van der Waals surface area (Å²) < 4.78 is 23.3. The van der Waals surface area contributed by atoms with Gasteiger partial charge in [0.25, 0.3) is 5.91 Å². The van der Waals surface area contributed by atoms with Crippen molar-refractivity contribution >= 4 is 27.2 Å². The fourth-order valence-electron chi connectivity index (χ4n) is 4.30. The zero-order chi connectivity index (χ0) is 24.9. The number of nitrogens with two attached hydrogens (primary N) is 1. The van der Waals surface area contributed by atoms with Gasteiger partial charge in [-0.05, 0) is 67.3 Å². The number of fused-ring (bicyclic) bond motifs is 1. The van der Waals surface area contributed by atoms with E-state index >= 15 is 0 Å². The number of carbonyl (C=O) groups excluding carboxylic acids is 1. The van der Waals surface area contributed by atoms with Crippen molar-refractivity contribution in [1.29, 1.82) is 0 Å². The largest absolute Gasteiger partial charge is 0.383 e. The number of amides is 1. The second kappa shape index (κ2) is 8.85. The van der Waals surface area contributed by atoms with Gasteiger partial charge in [-0.2, -0.15) is 0 Å². The zero-order valence-corrected chi connectivity index (χ0v) is 22.3. The van der Waals surface area contributed by atoms with E-state index in [9.17, 15) is 14.1 Å². The van der Waals surface area contributed by atoms with Gasteiger partial charge in [0.2, 0.25) is 0 Å². The van der Waals surface area contributed by atoms with Crippen molar-refractivity contribution in [3.8, 4) is 0 Å². The van der Waals surface area contributed by atoms with Crippen LogP contribution in [0.5, 0.6) is 0 Å². The van der Waals surface area contributed by atoms with Gasteiger partial charge in [-0.1, -0.05) is 33.8 Å². The molecule has 0 spiro atoms. The van der Waals surface area contributed by atoms with Gasteiger partial charge in [0, 0.05) is 0 Å². The lowest BCUT2D eigenvalue weighted by molar-refractivity contribution is -0.117. The van der Waals surface area contributed by atoms with Crippen molar-refractivity contribution in [3.63, 3.8) is 0 Å². The SMILES string of the molecule is CC(C)c1cc2c(c(C(C)C)c1CC(=O)N=S(N)(=O)c1cnc(C(C)(C)O)s1)COC2(C)C. The first-order valence-electron chi connectivity index (χ1n) is 11.1. The van der Waals surface area contributed by atoms with Crippen LogP contribution in [-0.2, 0) is 43.7 Å². The van der Waals surface area contributed by atoms with Crippen molar-refractivity contribution in [1.82, 2.24) is 4.98 Å². The summed E-state index contributed by atoms with van der Waals surface area (Å²) in [6.45, 7) is 16.2. The van der Waals surface area contributed by atoms with Crippen molar-refractivity contribution in [2.24, 2.45) is 9.50 Å². The molecule has 1 unspecified atom stereocenters. The number of aliphatic hydroxyl groups is 1. The van der Waals surface area contributed by atoms with Crippen LogP contribution < -0.4 is 5.14 Å². The Kier molecular flexibility index (Phi) is 6.96. The lowest BCUT2D eigenvalue weighted by Crippen LogP contribution is -2.18. The number of thiazole rings is 1. The molecule has 182 valence electrons. The van der Waals surface area contributed by atoms with E-state index in [1.807, 2.05) is 0 Å². The van der Waals surface area contributed by atoms with Crippen molar-refractivity contribution in [2.45, 2.75) is 95.7 Å². The molecule has 0 aliphatic carbocycles. The van der Waals surface area contributed by atoms with Gasteiger partial charge < -0.3 is 9.84 Å². The number of aromatic nitrogens is 1. The van der Waals surface area contributed by atoms with Gasteiger partial charge in [0.15, 0.2) is 9.92 Å². The predicted octanol–water partition coefficient (Wildman–Crippen LogP) is 4.85. The molecule has 1 aliphatic heterocycles. The van der Waals surface area contributed by atoms with Crippen LogP contribution in [0.15, 0.2) is 20.8 Å². The minimum atomic E-state index is -3.47. The molecule has 0 bridgehead atoms. The first-order valence-corrected chi connectivity index (χ1v) is 13.5. The van der Waals surface area contributed by atoms with Crippen LogP contribution in [0.4, 0.5) is 0 Å². The number of rotatable bonds is 6. The van der Waals surface area contributed by atoms with E-state index in [4.69, 9.17) is 9.88 Å². The molecule has 1 atom stereocenters. The molecule has 1 aromatic heterocycles. The first kappa shape index (κ1) is 26.0. The summed E-state index contributed by atoms with van der Waals surface area (Å²) in [5.41, 5.74) is 3.82. The Bertz CT molecular complexity index is 1200. The maximum atomic E-state index is 13.1. The fourth-order valence-corrected chi connectivity index (χ4v) is 6.44. The maximum absolute atomic E-state index is 13.1. The standard InChI is InChI=1S/C24H35N3O4S2/c1-13(2)15-9-18-17(12-31-24(18,7)8)21(14(3)4)16(15)10-19(28)27-33(25,30)20-11-26-22(32-20)23(5,6)29/h9,11,13-14,29H,10,12H2,1-8H3,(H2,25,27,28,30). The number of nitrogens with zero attached hydrogens (tertiary/aromatic N) is 2. The molecule has 2 aromatic rings. The average molecular weight is 494 g/mol. The molecule has 3 rings (SSSR count). The average Bonchev–Trinajstić information content (AvgIpc) is 3.26. The van der Waals surface area contributed by atoms with E-state index in [-0.39, 0.29) is 28.1 Å². The Morgan fingerprint density at radius 1 is 1.33 bits per heavy atom. The van der Waals surface area contributed by atoms with Crippen LogP contribution in [0.2, 0.25) is 0 Å². The topological polar surface area (TPSA) is 115 Å². The molecule has 1 aliphatic rings. The summed E-state index contributed by atoms with van der Waals surface area (Å²) in [4.78, 5) is 17.2. The van der Waals surface area contributed by atoms with Gasteiger partial charge >= 0.3 is 0 Å². The first-order chi connectivity index (χ1) is 15.0. The van der Waals surface area contributed by atoms with Gasteiger partial charge in [-0.25, -0.2) is 14.3 Å². The lowest BCUT2D eigenvalue weighted by atomic mass is 9.79. The fraction of sp³-hybridized carbons (Fsp3) is 0.583. The summed E-state index contributed by atoms with van der Waals surface area (Å²) in [6.07, 6.45) is 1.34. The molecular weight excluding hydrogens is 458 g/mol. The summed E-state index contributed by atoms with van der Waals surface area (Å²) in [5.74, 6) is -0.177. The summed E-state index contributed by atoms with van der Waals surface area (Å²) >= 11 is 1.00. The lowest BCUT2D eigenvalue weighted by Gasteiger charge is -2.25. The Labute approximate surface area is 201 Å². The Morgan fingerprint density at radius 3 is 2.48 bits per heavy atom. The molecule has 9 heteroatoms. The van der Waals surface area contributed by atoms with E-state index in [1.165, 1.54) is 6.20 Å². The molecule has 0 radical (unpaired) electrons. The smallest absolute Gasteiger partial charge is 0.259 e. The molecule has 1 aromatic carbocycles. The third-order valence-electron chi connectivity index (χ3n) is 5.91. The third kappa shape index (κ3) is 5.22. The van der Waals surface area contributed by atoms with Crippen LogP contribution >= 0.6 is 11.3 Å². The van der Waals surface area contributed by atoms with Gasteiger partial charge in [-0.15, -0.1) is 15.7 Å². The minimum Gasteiger partial charge on any atom is -0.383 e. The molecule has 33 heavy (non-hydrogen) atoms. The van der Waals surface area contributed by atoms with Gasteiger partial charge in [0.1, 0.15) is 14.8 Å². The summed E-state index contributed by atoms with van der Waals surface area (Å²) in [5, 5.41) is 16.5. The number of benzene rings is 1. The molecule has 2 heterocycles. The summed E-state index contributed by atoms with van der Waals surface area (Å²) in [6, 6.07) is 2.15. The number of ether oxygens (including phenoxy) is 1. The van der Waals surface area contributed by atoms with Crippen molar-refractivity contribution < 1.29 is 18.8 Å². The maximum Gasteiger partial charge on any atom is 0.259 e. The normalized spacial score (nSPS) is 17.3. The van der Waals surface area contributed by atoms with E-state index in [1.54, 1.807) is 13.8 Å². The van der Waals surface area contributed by atoms with Crippen LogP contribution in [0.1, 0.15) is 100 Å². The molecule has 0 saturated carbocycles. The van der Waals surface area contributed by atoms with E-state index in [2.05, 4.69) is 57.0 Å². The second-order valence-corrected chi connectivity index (χ2v) is 13.3. The second-order valence-electron chi connectivity index (χ2n) is 10.3.